The molecule has 1 unspecified atom stereocenters. The van der Waals surface area contributed by atoms with E-state index < -0.39 is 15.8 Å². The smallest absolute Gasteiger partial charge is 0.227 e. The summed E-state index contributed by atoms with van der Waals surface area (Å²) < 4.78 is 35.8. The fraction of sp³-hybridized carbons (Fsp3) is 0.417. The first-order valence-electron chi connectivity index (χ1n) is 5.94. The molecule has 1 aliphatic heterocycles. The lowest BCUT2D eigenvalue weighted by atomic mass is 10.1. The van der Waals surface area contributed by atoms with Gasteiger partial charge in [0.05, 0.1) is 10.2 Å². The molecule has 0 saturated carbocycles. The topological polar surface area (TPSA) is 80.5 Å². The van der Waals surface area contributed by atoms with Gasteiger partial charge in [0.15, 0.2) is 0 Å². The second kappa shape index (κ2) is 5.42. The van der Waals surface area contributed by atoms with E-state index in [0.717, 1.165) is 0 Å². The zero-order valence-corrected chi connectivity index (χ0v) is 13.2. The minimum Gasteiger partial charge on any atom is -0.312 e. The second-order valence-electron chi connectivity index (χ2n) is 4.96. The van der Waals surface area contributed by atoms with Crippen LogP contribution in [-0.2, 0) is 14.8 Å². The third-order valence-electron chi connectivity index (χ3n) is 3.20. The summed E-state index contributed by atoms with van der Waals surface area (Å²) in [6.07, 6.45) is 0.130. The normalized spacial score (nSPS) is 19.7. The van der Waals surface area contributed by atoms with Gasteiger partial charge in [-0.15, -0.1) is 0 Å². The van der Waals surface area contributed by atoms with Crippen molar-refractivity contribution in [1.29, 1.82) is 0 Å². The first-order chi connectivity index (χ1) is 9.17. The van der Waals surface area contributed by atoms with Crippen molar-refractivity contribution in [3.63, 3.8) is 0 Å². The molecule has 2 rings (SSSR count). The van der Waals surface area contributed by atoms with E-state index in [4.69, 9.17) is 5.14 Å². The van der Waals surface area contributed by atoms with Gasteiger partial charge in [0.25, 0.3) is 0 Å². The lowest BCUT2D eigenvalue weighted by Crippen LogP contribution is -2.28. The number of hydrogen-bond acceptors (Lipinski definition) is 3. The monoisotopic (exact) mass is 364 g/mol. The summed E-state index contributed by atoms with van der Waals surface area (Å²) in [6.45, 7) is 1.97. The Hall–Kier alpha value is -0.990. The Bertz CT molecular complexity index is 663. The molecule has 110 valence electrons. The number of amides is 1. The third-order valence-corrected chi connectivity index (χ3v) is 4.75. The predicted octanol–water partition coefficient (Wildman–Crippen LogP) is 1.54. The molecule has 1 aromatic carbocycles. The van der Waals surface area contributed by atoms with Gasteiger partial charge in [-0.05, 0) is 40.5 Å². The fourth-order valence-corrected chi connectivity index (χ4v) is 3.59. The SMILES string of the molecule is Cc1cc(F)c(Br)cc1N1CC(CS(N)(=O)=O)CC1=O. The minimum absolute atomic E-state index is 0.130. The number of benzene rings is 1. The molecule has 0 radical (unpaired) electrons. The van der Waals surface area contributed by atoms with Gasteiger partial charge in [-0.25, -0.2) is 17.9 Å². The number of anilines is 1. The zero-order chi connectivity index (χ0) is 15.1. The summed E-state index contributed by atoms with van der Waals surface area (Å²) in [5.74, 6) is -1.14. The maximum absolute atomic E-state index is 13.4. The van der Waals surface area contributed by atoms with Crippen LogP contribution in [0.3, 0.4) is 0 Å². The van der Waals surface area contributed by atoms with Crippen LogP contribution in [0.4, 0.5) is 10.1 Å². The van der Waals surface area contributed by atoms with E-state index >= 15 is 0 Å². The largest absolute Gasteiger partial charge is 0.312 e. The van der Waals surface area contributed by atoms with Gasteiger partial charge in [0, 0.05) is 24.6 Å². The Morgan fingerprint density at radius 3 is 2.75 bits per heavy atom. The van der Waals surface area contributed by atoms with Crippen molar-refractivity contribution in [2.75, 3.05) is 17.2 Å². The molecule has 20 heavy (non-hydrogen) atoms. The summed E-state index contributed by atoms with van der Waals surface area (Å²) in [6, 6.07) is 2.86. The Morgan fingerprint density at radius 2 is 2.15 bits per heavy atom. The number of carbonyl (C=O) groups excluding carboxylic acids is 1. The lowest BCUT2D eigenvalue weighted by molar-refractivity contribution is -0.117. The molecule has 0 bridgehead atoms. The van der Waals surface area contributed by atoms with Crippen LogP contribution in [0.15, 0.2) is 16.6 Å². The zero-order valence-electron chi connectivity index (χ0n) is 10.8. The number of sulfonamides is 1. The number of carbonyl (C=O) groups is 1. The van der Waals surface area contributed by atoms with Crippen LogP contribution in [0.25, 0.3) is 0 Å². The number of primary sulfonamides is 1. The quantitative estimate of drug-likeness (QED) is 0.882. The minimum atomic E-state index is -3.61. The van der Waals surface area contributed by atoms with Gasteiger partial charge >= 0.3 is 0 Å². The molecular weight excluding hydrogens is 351 g/mol. The lowest BCUT2D eigenvalue weighted by Gasteiger charge is -2.19. The van der Waals surface area contributed by atoms with Gasteiger partial charge in [0.1, 0.15) is 5.82 Å². The molecule has 8 heteroatoms. The Morgan fingerprint density at radius 1 is 1.50 bits per heavy atom. The number of nitrogens with two attached hydrogens (primary N) is 1. The van der Waals surface area contributed by atoms with Gasteiger partial charge < -0.3 is 4.90 Å². The maximum Gasteiger partial charge on any atom is 0.227 e. The van der Waals surface area contributed by atoms with E-state index in [1.54, 1.807) is 6.92 Å². The molecular formula is C12H14BrFN2O3S. The summed E-state index contributed by atoms with van der Waals surface area (Å²) in [4.78, 5) is 13.5. The van der Waals surface area contributed by atoms with Gasteiger partial charge in [-0.2, -0.15) is 0 Å². The van der Waals surface area contributed by atoms with Crippen LogP contribution >= 0.6 is 15.9 Å². The molecule has 1 aliphatic rings. The van der Waals surface area contributed by atoms with Gasteiger partial charge in [-0.3, -0.25) is 4.79 Å². The summed E-state index contributed by atoms with van der Waals surface area (Å²) in [7, 11) is -3.61. The van der Waals surface area contributed by atoms with E-state index in [9.17, 15) is 17.6 Å². The number of aryl methyl sites for hydroxylation is 1. The standard InChI is InChI=1S/C12H14BrFN2O3S/c1-7-2-10(14)9(13)4-11(7)16-5-8(3-12(16)17)6-20(15,18)19/h2,4,8H,3,5-6H2,1H3,(H2,15,18,19). The molecule has 1 atom stereocenters. The predicted molar refractivity (Wildman–Crippen MR) is 77.3 cm³/mol. The Labute approximate surface area is 125 Å². The van der Waals surface area contributed by atoms with Gasteiger partial charge in [-0.1, -0.05) is 0 Å². The average molecular weight is 365 g/mol. The van der Waals surface area contributed by atoms with Crippen molar-refractivity contribution in [2.45, 2.75) is 13.3 Å². The van der Waals surface area contributed by atoms with Crippen molar-refractivity contribution >= 4 is 37.5 Å². The molecule has 0 aliphatic carbocycles. The Balaban J connectivity index is 2.26. The highest BCUT2D eigenvalue weighted by molar-refractivity contribution is 9.10. The first kappa shape index (κ1) is 15.4. The molecule has 2 N–H and O–H groups in total. The average Bonchev–Trinajstić information content (AvgIpc) is 2.62. The number of nitrogens with zero attached hydrogens (tertiary/aromatic N) is 1. The van der Waals surface area contributed by atoms with Crippen molar-refractivity contribution in [3.05, 3.63) is 28.0 Å². The number of hydrogen-bond donors (Lipinski definition) is 1. The Kier molecular flexibility index (Phi) is 4.17. The number of rotatable bonds is 3. The van der Waals surface area contributed by atoms with Crippen molar-refractivity contribution in [2.24, 2.45) is 11.1 Å². The van der Waals surface area contributed by atoms with Crippen LogP contribution in [0.5, 0.6) is 0 Å². The van der Waals surface area contributed by atoms with E-state index in [0.29, 0.717) is 11.3 Å². The van der Waals surface area contributed by atoms with Crippen LogP contribution in [0, 0.1) is 18.7 Å². The van der Waals surface area contributed by atoms with E-state index in [1.807, 2.05) is 0 Å². The first-order valence-corrected chi connectivity index (χ1v) is 8.44. The maximum atomic E-state index is 13.4. The molecule has 5 nitrogen and oxygen atoms in total. The molecule has 1 saturated heterocycles. The van der Waals surface area contributed by atoms with Crippen molar-refractivity contribution in [1.82, 2.24) is 0 Å². The molecule has 1 amide bonds. The summed E-state index contributed by atoms with van der Waals surface area (Å²) in [5.41, 5.74) is 1.20. The fourth-order valence-electron chi connectivity index (χ4n) is 2.38. The van der Waals surface area contributed by atoms with Crippen LogP contribution < -0.4 is 10.0 Å². The van der Waals surface area contributed by atoms with Crippen molar-refractivity contribution < 1.29 is 17.6 Å². The van der Waals surface area contributed by atoms with E-state index in [1.165, 1.54) is 17.0 Å². The molecule has 1 aromatic rings. The molecule has 1 fully saturated rings. The van der Waals surface area contributed by atoms with E-state index in [2.05, 4.69) is 15.9 Å². The third kappa shape index (κ3) is 3.36. The summed E-state index contributed by atoms with van der Waals surface area (Å²) >= 11 is 3.08. The van der Waals surface area contributed by atoms with Crippen LogP contribution in [0.1, 0.15) is 12.0 Å². The molecule has 0 spiro atoms. The molecule has 0 aromatic heterocycles. The van der Waals surface area contributed by atoms with Crippen LogP contribution in [-0.4, -0.2) is 26.6 Å². The van der Waals surface area contributed by atoms with Crippen molar-refractivity contribution in [3.8, 4) is 0 Å². The van der Waals surface area contributed by atoms with Crippen LogP contribution in [0.2, 0.25) is 0 Å². The highest BCUT2D eigenvalue weighted by atomic mass is 79.9. The molecule has 1 heterocycles. The number of halogens is 2. The highest BCUT2D eigenvalue weighted by Gasteiger charge is 2.33. The van der Waals surface area contributed by atoms with E-state index in [-0.39, 0.29) is 35.0 Å². The summed E-state index contributed by atoms with van der Waals surface area (Å²) in [5, 5.41) is 5.00. The van der Waals surface area contributed by atoms with Gasteiger partial charge in [0.2, 0.25) is 15.9 Å². The second-order valence-corrected chi connectivity index (χ2v) is 7.47. The highest BCUT2D eigenvalue weighted by Crippen LogP contribution is 2.32.